The fourth-order valence-corrected chi connectivity index (χ4v) is 4.93. The Labute approximate surface area is 166 Å². The molecular formula is C22H27Cl2NO. The van der Waals surface area contributed by atoms with E-state index in [-0.39, 0.29) is 12.0 Å². The van der Waals surface area contributed by atoms with Gasteiger partial charge in [-0.15, -0.1) is 0 Å². The number of rotatable bonds is 5. The van der Waals surface area contributed by atoms with E-state index in [0.717, 1.165) is 31.2 Å². The van der Waals surface area contributed by atoms with E-state index in [1.807, 2.05) is 18.2 Å². The number of aliphatic hydroxyl groups is 1. The first-order chi connectivity index (χ1) is 12.4. The number of hydrogen-bond acceptors (Lipinski definition) is 2. The largest absolute Gasteiger partial charge is 0.389 e. The third-order valence-corrected chi connectivity index (χ3v) is 6.24. The Balaban J connectivity index is 1.95. The van der Waals surface area contributed by atoms with Crippen molar-refractivity contribution in [3.05, 3.63) is 69.7 Å². The molecule has 0 heterocycles. The van der Waals surface area contributed by atoms with Crippen molar-refractivity contribution in [2.24, 2.45) is 5.92 Å². The van der Waals surface area contributed by atoms with Crippen LogP contribution in [-0.4, -0.2) is 29.7 Å². The van der Waals surface area contributed by atoms with Crippen LogP contribution >= 0.6 is 23.2 Å². The molecule has 1 N–H and O–H groups in total. The average Bonchev–Trinajstić information content (AvgIpc) is 2.60. The molecule has 4 heteroatoms. The standard InChI is InChI=1S/C22H27Cl2NO/c1-25(2)21(16-8-4-3-5-9-16)19-10-6-7-13-22(19,26)15-17-11-12-18(23)14-20(17)24/h3-5,8-9,11-12,14,19,21,26H,6-7,10,13,15H2,1-2H3. The summed E-state index contributed by atoms with van der Waals surface area (Å²) in [5.41, 5.74) is 1.45. The monoisotopic (exact) mass is 391 g/mol. The van der Waals surface area contributed by atoms with Gasteiger partial charge in [0.1, 0.15) is 0 Å². The fourth-order valence-electron chi connectivity index (χ4n) is 4.46. The quantitative estimate of drug-likeness (QED) is 0.699. The normalized spacial score (nSPS) is 24.6. The van der Waals surface area contributed by atoms with Crippen molar-refractivity contribution < 1.29 is 5.11 Å². The summed E-state index contributed by atoms with van der Waals surface area (Å²) >= 11 is 12.5. The van der Waals surface area contributed by atoms with Crippen LogP contribution in [0, 0.1) is 5.92 Å². The molecule has 1 fully saturated rings. The minimum atomic E-state index is -0.777. The molecule has 0 bridgehead atoms. The van der Waals surface area contributed by atoms with Crippen molar-refractivity contribution in [3.8, 4) is 0 Å². The summed E-state index contributed by atoms with van der Waals surface area (Å²) in [7, 11) is 4.20. The first-order valence-corrected chi connectivity index (χ1v) is 10.0. The molecule has 2 nitrogen and oxygen atoms in total. The minimum Gasteiger partial charge on any atom is -0.389 e. The van der Waals surface area contributed by atoms with Crippen molar-refractivity contribution in [2.75, 3.05) is 14.1 Å². The maximum atomic E-state index is 11.7. The van der Waals surface area contributed by atoms with E-state index in [1.54, 1.807) is 6.07 Å². The molecule has 3 unspecified atom stereocenters. The zero-order valence-corrected chi connectivity index (χ0v) is 17.0. The van der Waals surface area contributed by atoms with Crippen molar-refractivity contribution in [3.63, 3.8) is 0 Å². The Morgan fingerprint density at radius 2 is 1.85 bits per heavy atom. The van der Waals surface area contributed by atoms with Gasteiger partial charge in [0.05, 0.1) is 5.60 Å². The summed E-state index contributed by atoms with van der Waals surface area (Å²) in [5.74, 6) is 0.153. The van der Waals surface area contributed by atoms with Crippen molar-refractivity contribution >= 4 is 23.2 Å². The summed E-state index contributed by atoms with van der Waals surface area (Å²) in [6.07, 6.45) is 4.57. The lowest BCUT2D eigenvalue weighted by atomic mass is 9.67. The van der Waals surface area contributed by atoms with Gasteiger partial charge < -0.3 is 10.0 Å². The number of hydrogen-bond donors (Lipinski definition) is 1. The zero-order valence-electron chi connectivity index (χ0n) is 15.5. The highest BCUT2D eigenvalue weighted by Gasteiger charge is 2.44. The van der Waals surface area contributed by atoms with Crippen LogP contribution in [0.25, 0.3) is 0 Å². The van der Waals surface area contributed by atoms with Gasteiger partial charge in [-0.1, -0.05) is 72.4 Å². The summed E-state index contributed by atoms with van der Waals surface area (Å²) in [6.45, 7) is 0. The molecule has 1 aliphatic carbocycles. The van der Waals surface area contributed by atoms with E-state index >= 15 is 0 Å². The number of benzene rings is 2. The van der Waals surface area contributed by atoms with Crippen LogP contribution in [0.5, 0.6) is 0 Å². The minimum absolute atomic E-state index is 0.153. The maximum Gasteiger partial charge on any atom is 0.0734 e. The van der Waals surface area contributed by atoms with Gasteiger partial charge in [0.25, 0.3) is 0 Å². The Hall–Kier alpha value is -1.06. The van der Waals surface area contributed by atoms with E-state index < -0.39 is 5.60 Å². The highest BCUT2D eigenvalue weighted by molar-refractivity contribution is 6.35. The average molecular weight is 392 g/mol. The van der Waals surface area contributed by atoms with Crippen LogP contribution in [-0.2, 0) is 6.42 Å². The summed E-state index contributed by atoms with van der Waals surface area (Å²) in [4.78, 5) is 2.24. The smallest absolute Gasteiger partial charge is 0.0734 e. The van der Waals surface area contributed by atoms with Gasteiger partial charge in [-0.25, -0.2) is 0 Å². The van der Waals surface area contributed by atoms with Gasteiger partial charge >= 0.3 is 0 Å². The maximum absolute atomic E-state index is 11.7. The lowest BCUT2D eigenvalue weighted by molar-refractivity contribution is -0.0770. The van der Waals surface area contributed by atoms with Gasteiger partial charge in [0, 0.05) is 28.4 Å². The molecule has 0 radical (unpaired) electrons. The Morgan fingerprint density at radius 3 is 2.50 bits per heavy atom. The van der Waals surface area contributed by atoms with Crippen LogP contribution < -0.4 is 0 Å². The van der Waals surface area contributed by atoms with Crippen LogP contribution in [0.1, 0.15) is 42.9 Å². The van der Waals surface area contributed by atoms with Gasteiger partial charge in [0.15, 0.2) is 0 Å². The van der Waals surface area contributed by atoms with Crippen molar-refractivity contribution in [2.45, 2.75) is 43.7 Å². The Bertz CT molecular complexity index is 734. The lowest BCUT2D eigenvalue weighted by Gasteiger charge is -2.46. The fraction of sp³-hybridized carbons (Fsp3) is 0.455. The SMILES string of the molecule is CN(C)C(c1ccccc1)C1CCCCC1(O)Cc1ccc(Cl)cc1Cl. The van der Waals surface area contributed by atoms with E-state index in [0.29, 0.717) is 16.5 Å². The molecular weight excluding hydrogens is 365 g/mol. The van der Waals surface area contributed by atoms with Crippen LogP contribution in [0.15, 0.2) is 48.5 Å². The molecule has 2 aromatic carbocycles. The molecule has 0 aliphatic heterocycles. The third-order valence-electron chi connectivity index (χ3n) is 5.66. The van der Waals surface area contributed by atoms with Crippen molar-refractivity contribution in [1.82, 2.24) is 4.90 Å². The lowest BCUT2D eigenvalue weighted by Crippen LogP contribution is -2.48. The second-order valence-corrected chi connectivity index (χ2v) is 8.53. The molecule has 0 aromatic heterocycles. The summed E-state index contributed by atoms with van der Waals surface area (Å²) < 4.78 is 0. The third kappa shape index (κ3) is 4.26. The topological polar surface area (TPSA) is 23.5 Å². The molecule has 0 spiro atoms. The molecule has 3 atom stereocenters. The van der Waals surface area contributed by atoms with Crippen LogP contribution in [0.4, 0.5) is 0 Å². The van der Waals surface area contributed by atoms with Crippen LogP contribution in [0.3, 0.4) is 0 Å². The predicted octanol–water partition coefficient (Wildman–Crippen LogP) is 5.76. The second kappa shape index (κ2) is 8.31. The molecule has 140 valence electrons. The first-order valence-electron chi connectivity index (χ1n) is 9.28. The molecule has 0 amide bonds. The molecule has 26 heavy (non-hydrogen) atoms. The highest BCUT2D eigenvalue weighted by Crippen LogP contribution is 2.45. The first kappa shape index (κ1) is 19.7. The summed E-state index contributed by atoms with van der Waals surface area (Å²) in [5, 5.41) is 13.0. The highest BCUT2D eigenvalue weighted by atomic mass is 35.5. The van der Waals surface area contributed by atoms with Gasteiger partial charge in [-0.2, -0.15) is 0 Å². The number of halogens is 2. The van der Waals surface area contributed by atoms with E-state index in [2.05, 4.69) is 43.3 Å². The zero-order chi connectivity index (χ0) is 18.7. The van der Waals surface area contributed by atoms with E-state index in [9.17, 15) is 5.11 Å². The van der Waals surface area contributed by atoms with E-state index in [1.165, 1.54) is 5.56 Å². The summed E-state index contributed by atoms with van der Waals surface area (Å²) in [6, 6.07) is 16.2. The second-order valence-electron chi connectivity index (χ2n) is 7.69. The van der Waals surface area contributed by atoms with E-state index in [4.69, 9.17) is 23.2 Å². The molecule has 1 saturated carbocycles. The van der Waals surface area contributed by atoms with Gasteiger partial charge in [-0.3, -0.25) is 0 Å². The Morgan fingerprint density at radius 1 is 1.12 bits per heavy atom. The van der Waals surface area contributed by atoms with Gasteiger partial charge in [0.2, 0.25) is 0 Å². The molecule has 1 aliphatic rings. The van der Waals surface area contributed by atoms with Gasteiger partial charge in [-0.05, 0) is 50.2 Å². The van der Waals surface area contributed by atoms with Crippen molar-refractivity contribution in [1.29, 1.82) is 0 Å². The van der Waals surface area contributed by atoms with Crippen LogP contribution in [0.2, 0.25) is 10.0 Å². The molecule has 0 saturated heterocycles. The molecule has 3 rings (SSSR count). The molecule has 2 aromatic rings. The number of nitrogens with zero attached hydrogens (tertiary/aromatic N) is 1. The predicted molar refractivity (Wildman–Crippen MR) is 110 cm³/mol. The Kier molecular flexibility index (Phi) is 6.29.